The van der Waals surface area contributed by atoms with Gasteiger partial charge in [0.05, 0.1) is 50.3 Å². The Morgan fingerprint density at radius 2 is 1.81 bits per heavy atom. The zero-order valence-corrected chi connectivity index (χ0v) is 29.8. The van der Waals surface area contributed by atoms with Crippen LogP contribution in [0.2, 0.25) is 18.1 Å². The number of rotatable bonds is 12. The van der Waals surface area contributed by atoms with E-state index in [1.54, 1.807) is 49.5 Å². The number of nitrogens with zero attached hydrogens (tertiary/aromatic N) is 4. The number of fused-ring (bicyclic) bond motifs is 1. The number of amides is 1. The number of nitriles is 1. The molecule has 3 aromatic heterocycles. The van der Waals surface area contributed by atoms with Gasteiger partial charge in [0.15, 0.2) is 19.7 Å². The van der Waals surface area contributed by atoms with Crippen LogP contribution in [0.1, 0.15) is 55.5 Å². The molecule has 0 atom stereocenters. The van der Waals surface area contributed by atoms with Crippen LogP contribution in [0.25, 0.3) is 33.7 Å². The molecule has 1 saturated heterocycles. The van der Waals surface area contributed by atoms with E-state index in [2.05, 4.69) is 29.9 Å². The highest BCUT2D eigenvalue weighted by atomic mass is 28.4. The van der Waals surface area contributed by atoms with Crippen molar-refractivity contribution < 1.29 is 33.0 Å². The van der Waals surface area contributed by atoms with Crippen LogP contribution in [0.3, 0.4) is 0 Å². The predicted octanol–water partition coefficient (Wildman–Crippen LogP) is 6.83. The second kappa shape index (κ2) is 14.4. The van der Waals surface area contributed by atoms with Gasteiger partial charge in [0.1, 0.15) is 40.6 Å². The largest absolute Gasteiger partial charge is 0.494 e. The van der Waals surface area contributed by atoms with Crippen LogP contribution in [-0.4, -0.2) is 81.0 Å². The highest BCUT2D eigenvalue weighted by Crippen LogP contribution is 2.42. The molecule has 1 fully saturated rings. The van der Waals surface area contributed by atoms with Gasteiger partial charge in [-0.3, -0.25) is 4.79 Å². The smallest absolute Gasteiger partial charge is 0.255 e. The van der Waals surface area contributed by atoms with Crippen LogP contribution < -0.4 is 14.2 Å². The number of benzene rings is 1. The van der Waals surface area contributed by atoms with E-state index >= 15 is 0 Å². The minimum absolute atomic E-state index is 0.00524. The molecular formula is C36H44N4O7Si. The van der Waals surface area contributed by atoms with Gasteiger partial charge >= 0.3 is 0 Å². The molecule has 4 aromatic rings. The van der Waals surface area contributed by atoms with Crippen molar-refractivity contribution in [2.45, 2.75) is 63.8 Å². The molecule has 0 unspecified atom stereocenters. The molecular weight excluding hydrogens is 629 g/mol. The van der Waals surface area contributed by atoms with Gasteiger partial charge in [-0.2, -0.15) is 5.26 Å². The molecule has 254 valence electrons. The van der Waals surface area contributed by atoms with Crippen molar-refractivity contribution in [1.29, 1.82) is 5.26 Å². The molecule has 0 aliphatic carbocycles. The lowest BCUT2D eigenvalue weighted by atomic mass is 10.0. The number of furan rings is 1. The van der Waals surface area contributed by atoms with Crippen LogP contribution in [0, 0.1) is 11.3 Å². The van der Waals surface area contributed by atoms with E-state index in [1.807, 2.05) is 19.2 Å². The SMILES string of the molecule is COc1cc(C(=O)N(C)CCCC(C)(C)[Si](C)(C)O)cnc1-c1cc2ncc(OC)c(-c3ccc(OC4CCOCC4)c(C#N)c3)c2o1. The van der Waals surface area contributed by atoms with E-state index in [9.17, 15) is 14.9 Å². The highest BCUT2D eigenvalue weighted by molar-refractivity contribution is 6.72. The maximum absolute atomic E-state index is 13.3. The number of ether oxygens (including phenoxy) is 4. The summed E-state index contributed by atoms with van der Waals surface area (Å²) in [6.07, 6.45) is 6.26. The minimum atomic E-state index is -2.33. The molecule has 12 heteroatoms. The van der Waals surface area contributed by atoms with Gasteiger partial charge in [-0.1, -0.05) is 19.9 Å². The van der Waals surface area contributed by atoms with Crippen LogP contribution in [0.15, 0.2) is 47.1 Å². The van der Waals surface area contributed by atoms with Crippen molar-refractivity contribution in [2.24, 2.45) is 0 Å². The first-order valence-electron chi connectivity index (χ1n) is 16.1. The second-order valence-corrected chi connectivity index (χ2v) is 17.8. The normalized spacial score (nSPS) is 14.1. The molecule has 1 N–H and O–H groups in total. The van der Waals surface area contributed by atoms with Crippen molar-refractivity contribution in [1.82, 2.24) is 14.9 Å². The van der Waals surface area contributed by atoms with E-state index in [-0.39, 0.29) is 17.0 Å². The Balaban J connectivity index is 1.42. The summed E-state index contributed by atoms with van der Waals surface area (Å²) in [4.78, 5) is 34.7. The monoisotopic (exact) mass is 672 g/mol. The number of pyridine rings is 2. The maximum atomic E-state index is 13.3. The van der Waals surface area contributed by atoms with Crippen LogP contribution >= 0.6 is 0 Å². The van der Waals surface area contributed by atoms with Crippen molar-refractivity contribution in [3.63, 3.8) is 0 Å². The van der Waals surface area contributed by atoms with E-state index in [0.29, 0.717) is 81.8 Å². The fraction of sp³-hybridized carbons (Fsp3) is 0.444. The Bertz CT molecular complexity index is 1820. The summed E-state index contributed by atoms with van der Waals surface area (Å²) in [5.41, 5.74) is 3.54. The Labute approximate surface area is 282 Å². The average Bonchev–Trinajstić information content (AvgIpc) is 3.51. The molecule has 0 radical (unpaired) electrons. The average molecular weight is 673 g/mol. The molecule has 0 bridgehead atoms. The van der Waals surface area contributed by atoms with E-state index in [1.165, 1.54) is 13.3 Å². The summed E-state index contributed by atoms with van der Waals surface area (Å²) < 4.78 is 29.3. The molecule has 1 aliphatic rings. The van der Waals surface area contributed by atoms with Crippen LogP contribution in [0.4, 0.5) is 0 Å². The number of aromatic nitrogens is 2. The first-order chi connectivity index (χ1) is 22.9. The van der Waals surface area contributed by atoms with E-state index in [4.69, 9.17) is 23.4 Å². The first kappa shape index (κ1) is 34.9. The van der Waals surface area contributed by atoms with E-state index in [0.717, 1.165) is 25.7 Å². The molecule has 5 rings (SSSR count). The molecule has 11 nitrogen and oxygen atoms in total. The quantitative estimate of drug-likeness (QED) is 0.159. The standard InChI is InChI=1S/C36H44N4O7Si/c1-36(2,48(6,7)42)13-8-14-40(3)35(41)25-18-29(43-4)33(39-21-25)30-19-27-34(47-30)32(31(44-5)22-38-27)23-9-10-28(24(17-23)20-37)46-26-11-15-45-16-12-26/h9-10,17-19,21-22,26,42H,8,11-16H2,1-7H3. The third kappa shape index (κ3) is 7.33. The highest BCUT2D eigenvalue weighted by Gasteiger charge is 2.37. The lowest BCUT2D eigenvalue weighted by Gasteiger charge is -2.35. The lowest BCUT2D eigenvalue weighted by Crippen LogP contribution is -2.39. The first-order valence-corrected chi connectivity index (χ1v) is 19.1. The minimum Gasteiger partial charge on any atom is -0.494 e. The van der Waals surface area contributed by atoms with Crippen molar-refractivity contribution in [2.75, 3.05) is 41.0 Å². The second-order valence-electron chi connectivity index (χ2n) is 13.3. The zero-order valence-electron chi connectivity index (χ0n) is 28.8. The lowest BCUT2D eigenvalue weighted by molar-refractivity contribution is 0.0254. The molecule has 1 aliphatic heterocycles. The molecule has 1 aromatic carbocycles. The fourth-order valence-electron chi connectivity index (χ4n) is 5.64. The molecule has 0 spiro atoms. The van der Waals surface area contributed by atoms with E-state index < -0.39 is 8.32 Å². The van der Waals surface area contributed by atoms with Gasteiger partial charge in [0.2, 0.25) is 0 Å². The Hall–Kier alpha value is -4.44. The van der Waals surface area contributed by atoms with Gasteiger partial charge in [-0.25, -0.2) is 9.97 Å². The number of hydrogen-bond donors (Lipinski definition) is 1. The van der Waals surface area contributed by atoms with Crippen molar-refractivity contribution in [3.8, 4) is 45.9 Å². The Kier molecular flexibility index (Phi) is 10.4. The van der Waals surface area contributed by atoms with Gasteiger partial charge in [-0.05, 0) is 54.7 Å². The van der Waals surface area contributed by atoms with Gasteiger partial charge < -0.3 is 33.1 Å². The molecule has 48 heavy (non-hydrogen) atoms. The predicted molar refractivity (Wildman–Crippen MR) is 185 cm³/mol. The molecule has 1 amide bonds. The summed E-state index contributed by atoms with van der Waals surface area (Å²) in [6.45, 7) is 9.89. The number of methoxy groups -OCH3 is 2. The summed E-state index contributed by atoms with van der Waals surface area (Å²) >= 11 is 0. The van der Waals surface area contributed by atoms with Crippen LogP contribution in [0.5, 0.6) is 17.2 Å². The van der Waals surface area contributed by atoms with Gasteiger partial charge in [0, 0.05) is 38.7 Å². The van der Waals surface area contributed by atoms with Crippen molar-refractivity contribution in [3.05, 3.63) is 53.9 Å². The molecule has 4 heterocycles. The number of hydrogen-bond acceptors (Lipinski definition) is 10. The third-order valence-corrected chi connectivity index (χ3v) is 13.0. The number of carbonyl (C=O) groups is 1. The van der Waals surface area contributed by atoms with Gasteiger partial charge in [0.25, 0.3) is 5.91 Å². The topological polar surface area (TPSA) is 140 Å². The summed E-state index contributed by atoms with van der Waals surface area (Å²) in [7, 11) is 2.51. The summed E-state index contributed by atoms with van der Waals surface area (Å²) in [6, 6.07) is 11.1. The number of carbonyl (C=O) groups excluding carboxylic acids is 1. The van der Waals surface area contributed by atoms with Crippen LogP contribution in [-0.2, 0) is 4.74 Å². The third-order valence-electron chi connectivity index (χ3n) is 9.43. The zero-order chi connectivity index (χ0) is 34.6. The maximum Gasteiger partial charge on any atom is 0.255 e. The molecule has 0 saturated carbocycles. The Morgan fingerprint density at radius 3 is 2.48 bits per heavy atom. The van der Waals surface area contributed by atoms with Crippen molar-refractivity contribution >= 4 is 25.3 Å². The summed E-state index contributed by atoms with van der Waals surface area (Å²) in [5, 5.41) is 9.83. The fourth-order valence-corrected chi connectivity index (χ4v) is 6.43. The summed E-state index contributed by atoms with van der Waals surface area (Å²) in [5.74, 6) is 1.59. The van der Waals surface area contributed by atoms with Gasteiger partial charge in [-0.15, -0.1) is 0 Å². The Morgan fingerprint density at radius 1 is 1.08 bits per heavy atom.